The van der Waals surface area contributed by atoms with Crippen molar-refractivity contribution in [3.05, 3.63) is 65.0 Å². The summed E-state index contributed by atoms with van der Waals surface area (Å²) in [5.41, 5.74) is 3.78. The van der Waals surface area contributed by atoms with Crippen molar-refractivity contribution in [1.82, 2.24) is 19.7 Å². The predicted octanol–water partition coefficient (Wildman–Crippen LogP) is 4.15. The van der Waals surface area contributed by atoms with Gasteiger partial charge in [0, 0.05) is 43.9 Å². The topological polar surface area (TPSA) is 67.4 Å². The highest BCUT2D eigenvalue weighted by atomic mass is 35.5. The highest BCUT2D eigenvalue weighted by Crippen LogP contribution is 2.29. The number of aromatic nitrogens is 3. The second-order valence-electron chi connectivity index (χ2n) is 7.70. The van der Waals surface area contributed by atoms with E-state index < -0.39 is 0 Å². The fraction of sp³-hybridized carbons (Fsp3) is 0.261. The molecule has 0 saturated carbocycles. The van der Waals surface area contributed by atoms with Gasteiger partial charge < -0.3 is 14.2 Å². The second kappa shape index (κ2) is 7.74. The van der Waals surface area contributed by atoms with Crippen LogP contribution in [0, 0.1) is 6.92 Å². The SMILES string of the molecule is Cc1nn(C)c2nc(-c3ccco3)cc(C(=O)N3CCN(c4cccc(Cl)c4)CC3)c12. The van der Waals surface area contributed by atoms with Gasteiger partial charge in [-0.25, -0.2) is 4.98 Å². The minimum atomic E-state index is -0.0120. The van der Waals surface area contributed by atoms with Crippen LogP contribution in [0.4, 0.5) is 5.69 Å². The maximum absolute atomic E-state index is 13.6. The zero-order valence-electron chi connectivity index (χ0n) is 17.4. The molecule has 7 nitrogen and oxygen atoms in total. The first-order valence-electron chi connectivity index (χ1n) is 10.2. The van der Waals surface area contributed by atoms with E-state index in [-0.39, 0.29) is 5.91 Å². The van der Waals surface area contributed by atoms with Crippen molar-refractivity contribution in [2.45, 2.75) is 6.92 Å². The van der Waals surface area contributed by atoms with Gasteiger partial charge >= 0.3 is 0 Å². The summed E-state index contributed by atoms with van der Waals surface area (Å²) in [6, 6.07) is 13.3. The molecule has 8 heteroatoms. The lowest BCUT2D eigenvalue weighted by atomic mass is 10.1. The quantitative estimate of drug-likeness (QED) is 0.483. The van der Waals surface area contributed by atoms with Gasteiger partial charge in [-0.2, -0.15) is 5.10 Å². The maximum Gasteiger partial charge on any atom is 0.254 e. The standard InChI is InChI=1S/C23H22ClN5O2/c1-15-21-18(14-19(20-7-4-12-31-20)25-22(21)27(2)26-15)23(30)29-10-8-28(9-11-29)17-6-3-5-16(24)13-17/h3-7,12-14H,8-11H2,1-2H3. The van der Waals surface area contributed by atoms with Crippen LogP contribution in [0.3, 0.4) is 0 Å². The zero-order chi connectivity index (χ0) is 21.5. The van der Waals surface area contributed by atoms with Crippen molar-refractivity contribution in [3.8, 4) is 11.5 Å². The Labute approximate surface area is 184 Å². The molecule has 5 rings (SSSR count). The average Bonchev–Trinajstić information content (AvgIpc) is 3.41. The van der Waals surface area contributed by atoms with Crippen molar-refractivity contribution in [1.29, 1.82) is 0 Å². The van der Waals surface area contributed by atoms with Gasteiger partial charge in [0.15, 0.2) is 11.4 Å². The third kappa shape index (κ3) is 3.55. The number of nitrogens with zero attached hydrogens (tertiary/aromatic N) is 5. The molecule has 4 aromatic rings. The molecule has 0 atom stereocenters. The fourth-order valence-electron chi connectivity index (χ4n) is 4.17. The minimum absolute atomic E-state index is 0.0120. The number of rotatable bonds is 3. The molecule has 0 unspecified atom stereocenters. The molecule has 4 heterocycles. The fourth-order valence-corrected chi connectivity index (χ4v) is 4.36. The number of hydrogen-bond acceptors (Lipinski definition) is 5. The van der Waals surface area contributed by atoms with Gasteiger partial charge in [0.25, 0.3) is 5.91 Å². The van der Waals surface area contributed by atoms with Crippen molar-refractivity contribution >= 4 is 34.2 Å². The zero-order valence-corrected chi connectivity index (χ0v) is 18.1. The number of anilines is 1. The van der Waals surface area contributed by atoms with Gasteiger partial charge in [0.2, 0.25) is 0 Å². The van der Waals surface area contributed by atoms with E-state index in [4.69, 9.17) is 21.0 Å². The molecular formula is C23H22ClN5O2. The van der Waals surface area contributed by atoms with Crippen LogP contribution >= 0.6 is 11.6 Å². The molecule has 0 bridgehead atoms. The van der Waals surface area contributed by atoms with Gasteiger partial charge in [-0.1, -0.05) is 17.7 Å². The van der Waals surface area contributed by atoms with Crippen molar-refractivity contribution in [2.75, 3.05) is 31.1 Å². The molecule has 1 fully saturated rings. The lowest BCUT2D eigenvalue weighted by Gasteiger charge is -2.36. The number of hydrogen-bond donors (Lipinski definition) is 0. The molecular weight excluding hydrogens is 414 g/mol. The number of pyridine rings is 1. The number of furan rings is 1. The number of amides is 1. The van der Waals surface area contributed by atoms with Crippen LogP contribution in [0.25, 0.3) is 22.5 Å². The smallest absolute Gasteiger partial charge is 0.254 e. The van der Waals surface area contributed by atoms with Gasteiger partial charge in [-0.15, -0.1) is 0 Å². The molecule has 1 saturated heterocycles. The van der Waals surface area contributed by atoms with E-state index in [1.165, 1.54) is 0 Å². The number of fused-ring (bicyclic) bond motifs is 1. The summed E-state index contributed by atoms with van der Waals surface area (Å²) >= 11 is 6.14. The number of carbonyl (C=O) groups excluding carboxylic acids is 1. The Morgan fingerprint density at radius 3 is 2.61 bits per heavy atom. The summed E-state index contributed by atoms with van der Waals surface area (Å²) in [5, 5.41) is 6.00. The molecule has 158 valence electrons. The Hall–Kier alpha value is -3.32. The summed E-state index contributed by atoms with van der Waals surface area (Å²) in [4.78, 5) is 22.4. The molecule has 0 N–H and O–H groups in total. The van der Waals surface area contributed by atoms with Crippen LogP contribution in [-0.4, -0.2) is 51.8 Å². The number of carbonyl (C=O) groups is 1. The lowest BCUT2D eigenvalue weighted by Crippen LogP contribution is -2.48. The minimum Gasteiger partial charge on any atom is -0.463 e. The normalized spacial score (nSPS) is 14.4. The molecule has 3 aromatic heterocycles. The summed E-state index contributed by atoms with van der Waals surface area (Å²) in [6.45, 7) is 4.66. The first-order valence-corrected chi connectivity index (χ1v) is 10.6. The van der Waals surface area contributed by atoms with Crippen LogP contribution in [-0.2, 0) is 7.05 Å². The van der Waals surface area contributed by atoms with E-state index >= 15 is 0 Å². The lowest BCUT2D eigenvalue weighted by molar-refractivity contribution is 0.0748. The van der Waals surface area contributed by atoms with Gasteiger partial charge in [-0.05, 0) is 43.3 Å². The molecule has 0 radical (unpaired) electrons. The van der Waals surface area contributed by atoms with E-state index in [2.05, 4.69) is 10.00 Å². The molecule has 31 heavy (non-hydrogen) atoms. The van der Waals surface area contributed by atoms with Crippen molar-refractivity contribution < 1.29 is 9.21 Å². The summed E-state index contributed by atoms with van der Waals surface area (Å²) in [7, 11) is 1.84. The second-order valence-corrected chi connectivity index (χ2v) is 8.14. The first-order chi connectivity index (χ1) is 15.0. The van der Waals surface area contributed by atoms with Crippen LogP contribution in [0.15, 0.2) is 53.1 Å². The van der Waals surface area contributed by atoms with Crippen LogP contribution in [0.2, 0.25) is 5.02 Å². The first kappa shape index (κ1) is 19.6. The Balaban J connectivity index is 1.46. The largest absolute Gasteiger partial charge is 0.463 e. The third-order valence-corrected chi connectivity index (χ3v) is 5.95. The molecule has 1 aliphatic rings. The maximum atomic E-state index is 13.6. The molecule has 1 amide bonds. The Bertz CT molecular complexity index is 1260. The molecule has 1 aromatic carbocycles. The van der Waals surface area contributed by atoms with Gasteiger partial charge in [-0.3, -0.25) is 9.48 Å². The highest BCUT2D eigenvalue weighted by Gasteiger charge is 2.27. The van der Waals surface area contributed by atoms with Crippen LogP contribution in [0.5, 0.6) is 0 Å². The summed E-state index contributed by atoms with van der Waals surface area (Å²) < 4.78 is 7.25. The average molecular weight is 436 g/mol. The van der Waals surface area contributed by atoms with E-state index in [0.29, 0.717) is 40.8 Å². The number of benzene rings is 1. The summed E-state index contributed by atoms with van der Waals surface area (Å²) in [5.74, 6) is 0.614. The predicted molar refractivity (Wildman–Crippen MR) is 121 cm³/mol. The Kier molecular flexibility index (Phi) is 4.90. The van der Waals surface area contributed by atoms with Gasteiger partial charge in [0.1, 0.15) is 5.69 Å². The molecule has 0 aliphatic carbocycles. The molecule has 1 aliphatic heterocycles. The number of piperazine rings is 1. The van der Waals surface area contributed by atoms with E-state index in [0.717, 1.165) is 29.9 Å². The Morgan fingerprint density at radius 2 is 1.90 bits per heavy atom. The summed E-state index contributed by atoms with van der Waals surface area (Å²) in [6.07, 6.45) is 1.60. The number of halogens is 1. The monoisotopic (exact) mass is 435 g/mol. The van der Waals surface area contributed by atoms with E-state index in [1.54, 1.807) is 10.9 Å². The van der Waals surface area contributed by atoms with Crippen molar-refractivity contribution in [3.63, 3.8) is 0 Å². The van der Waals surface area contributed by atoms with Crippen molar-refractivity contribution in [2.24, 2.45) is 7.05 Å². The third-order valence-electron chi connectivity index (χ3n) is 5.71. The van der Waals surface area contributed by atoms with Crippen LogP contribution < -0.4 is 4.90 Å². The number of aryl methyl sites for hydroxylation is 2. The van der Waals surface area contributed by atoms with Crippen LogP contribution in [0.1, 0.15) is 16.1 Å². The Morgan fingerprint density at radius 1 is 1.10 bits per heavy atom. The highest BCUT2D eigenvalue weighted by molar-refractivity contribution is 6.30. The van der Waals surface area contributed by atoms with E-state index in [1.807, 2.05) is 61.3 Å². The van der Waals surface area contributed by atoms with Gasteiger partial charge in [0.05, 0.1) is 22.9 Å². The van der Waals surface area contributed by atoms with E-state index in [9.17, 15) is 4.79 Å². The molecule has 0 spiro atoms.